The fourth-order valence-corrected chi connectivity index (χ4v) is 2.14. The second kappa shape index (κ2) is 4.50. The highest BCUT2D eigenvalue weighted by Gasteiger charge is 2.21. The first-order chi connectivity index (χ1) is 8.29. The number of halogens is 1. The van der Waals surface area contributed by atoms with E-state index in [1.165, 1.54) is 12.1 Å². The zero-order valence-corrected chi connectivity index (χ0v) is 12.1. The molecule has 1 heterocycles. The summed E-state index contributed by atoms with van der Waals surface area (Å²) in [5, 5.41) is 0. The summed E-state index contributed by atoms with van der Waals surface area (Å²) < 4.78 is 16.0. The van der Waals surface area contributed by atoms with Gasteiger partial charge >= 0.3 is 0 Å². The molecule has 0 aliphatic rings. The Morgan fingerprint density at radius 2 is 2.06 bits per heavy atom. The lowest BCUT2D eigenvalue weighted by molar-refractivity contribution is 0.234. The minimum absolute atomic E-state index is 0.200. The van der Waals surface area contributed by atoms with Gasteiger partial charge in [-0.3, -0.25) is 0 Å². The van der Waals surface area contributed by atoms with Crippen LogP contribution in [0.3, 0.4) is 0 Å². The summed E-state index contributed by atoms with van der Waals surface area (Å²) in [6.45, 7) is 9.61. The Morgan fingerprint density at radius 3 is 2.67 bits per heavy atom. The molecule has 18 heavy (non-hydrogen) atoms. The molecule has 0 fully saturated rings. The van der Waals surface area contributed by atoms with Gasteiger partial charge in [0.05, 0.1) is 11.0 Å². The fraction of sp³-hybridized carbons (Fsp3) is 0.500. The highest BCUT2D eigenvalue weighted by molar-refractivity contribution is 7.71. The summed E-state index contributed by atoms with van der Waals surface area (Å²) >= 11 is 5.32. The van der Waals surface area contributed by atoms with Crippen molar-refractivity contribution >= 4 is 23.3 Å². The molecule has 1 atom stereocenters. The molecule has 1 aromatic carbocycles. The molecule has 4 heteroatoms. The number of aromatic nitrogens is 2. The number of aromatic amines is 1. The first-order valence-electron chi connectivity index (χ1n) is 6.17. The van der Waals surface area contributed by atoms with Gasteiger partial charge in [0.15, 0.2) is 4.77 Å². The molecule has 1 aromatic heterocycles. The van der Waals surface area contributed by atoms with Crippen molar-refractivity contribution in [2.45, 2.75) is 34.2 Å². The van der Waals surface area contributed by atoms with Gasteiger partial charge in [-0.1, -0.05) is 27.7 Å². The van der Waals surface area contributed by atoms with E-state index in [0.717, 1.165) is 17.6 Å². The van der Waals surface area contributed by atoms with Crippen LogP contribution < -0.4 is 0 Å². The molecule has 0 aliphatic carbocycles. The number of hydrogen-bond donors (Lipinski definition) is 1. The number of imidazole rings is 1. The van der Waals surface area contributed by atoms with Crippen molar-refractivity contribution in [1.82, 2.24) is 9.55 Å². The lowest BCUT2D eigenvalue weighted by Gasteiger charge is -2.27. The molecule has 1 N–H and O–H groups in total. The quantitative estimate of drug-likeness (QED) is 0.793. The number of fused-ring (bicyclic) bond motifs is 1. The predicted octanol–water partition coefficient (Wildman–Crippen LogP) is 4.52. The molecule has 0 amide bonds. The summed E-state index contributed by atoms with van der Waals surface area (Å²) in [6, 6.07) is 4.72. The van der Waals surface area contributed by atoms with Crippen LogP contribution in [0.1, 0.15) is 27.7 Å². The predicted molar refractivity (Wildman–Crippen MR) is 75.7 cm³/mol. The van der Waals surface area contributed by atoms with Gasteiger partial charge in [-0.2, -0.15) is 0 Å². The molecule has 2 aromatic rings. The van der Waals surface area contributed by atoms with Crippen molar-refractivity contribution in [3.05, 3.63) is 28.8 Å². The van der Waals surface area contributed by atoms with Crippen molar-refractivity contribution in [2.24, 2.45) is 11.3 Å². The van der Waals surface area contributed by atoms with E-state index in [9.17, 15) is 4.39 Å². The Morgan fingerprint density at radius 1 is 1.39 bits per heavy atom. The maximum absolute atomic E-state index is 13.3. The monoisotopic (exact) mass is 266 g/mol. The molecule has 0 spiro atoms. The molecule has 0 bridgehead atoms. The molecule has 98 valence electrons. The number of hydrogen-bond acceptors (Lipinski definition) is 1. The average molecular weight is 266 g/mol. The number of rotatable bonds is 2. The largest absolute Gasteiger partial charge is 0.331 e. The van der Waals surface area contributed by atoms with Crippen LogP contribution in [0.5, 0.6) is 0 Å². The van der Waals surface area contributed by atoms with Gasteiger partial charge < -0.3 is 9.55 Å². The van der Waals surface area contributed by atoms with Crippen molar-refractivity contribution in [1.29, 1.82) is 0 Å². The van der Waals surface area contributed by atoms with E-state index in [0.29, 0.717) is 10.7 Å². The van der Waals surface area contributed by atoms with E-state index in [4.69, 9.17) is 12.2 Å². The topological polar surface area (TPSA) is 20.7 Å². The average Bonchev–Trinajstić information content (AvgIpc) is 2.54. The lowest BCUT2D eigenvalue weighted by Crippen LogP contribution is -2.22. The van der Waals surface area contributed by atoms with Crippen molar-refractivity contribution < 1.29 is 4.39 Å². The SMILES string of the molecule is CC(Cn1c(=S)[nH]c2ccc(F)cc21)C(C)(C)C. The van der Waals surface area contributed by atoms with Gasteiger partial charge in [0.1, 0.15) is 5.82 Å². The number of benzene rings is 1. The van der Waals surface area contributed by atoms with Crippen LogP contribution in [0, 0.1) is 21.9 Å². The Balaban J connectivity index is 2.47. The highest BCUT2D eigenvalue weighted by atomic mass is 32.1. The molecule has 0 saturated heterocycles. The standard InChI is InChI=1S/C14H19FN2S/c1-9(14(2,3)4)8-17-12-7-10(15)5-6-11(12)16-13(17)18/h5-7,9H,8H2,1-4H3,(H,16,18). The first kappa shape index (κ1) is 13.3. The Hall–Kier alpha value is -1.16. The Kier molecular flexibility index (Phi) is 3.32. The van der Waals surface area contributed by atoms with Crippen molar-refractivity contribution in [2.75, 3.05) is 0 Å². The minimum atomic E-state index is -0.228. The normalized spacial score (nSPS) is 14.1. The minimum Gasteiger partial charge on any atom is -0.331 e. The third kappa shape index (κ3) is 2.48. The van der Waals surface area contributed by atoms with Crippen LogP contribution in [0.2, 0.25) is 0 Å². The van der Waals surface area contributed by atoms with Crippen LogP contribution in [-0.2, 0) is 6.54 Å². The van der Waals surface area contributed by atoms with Gasteiger partial charge in [-0.25, -0.2) is 4.39 Å². The summed E-state index contributed by atoms with van der Waals surface area (Å²) in [5.74, 6) is 0.222. The number of nitrogens with zero attached hydrogens (tertiary/aromatic N) is 1. The van der Waals surface area contributed by atoms with Crippen LogP contribution in [0.4, 0.5) is 4.39 Å². The van der Waals surface area contributed by atoms with Gasteiger partial charge in [0.2, 0.25) is 0 Å². The van der Waals surface area contributed by atoms with Gasteiger partial charge in [0, 0.05) is 6.54 Å². The zero-order valence-electron chi connectivity index (χ0n) is 11.2. The molecular weight excluding hydrogens is 247 g/mol. The fourth-order valence-electron chi connectivity index (χ4n) is 1.85. The van der Waals surface area contributed by atoms with E-state index < -0.39 is 0 Å². The van der Waals surface area contributed by atoms with Gasteiger partial charge in [-0.15, -0.1) is 0 Å². The van der Waals surface area contributed by atoms with Crippen LogP contribution in [0.15, 0.2) is 18.2 Å². The number of nitrogens with one attached hydrogen (secondary N) is 1. The Bertz CT molecular complexity index is 619. The summed E-state index contributed by atoms with van der Waals surface area (Å²) in [6.07, 6.45) is 0. The summed E-state index contributed by atoms with van der Waals surface area (Å²) in [7, 11) is 0. The molecule has 2 rings (SSSR count). The highest BCUT2D eigenvalue weighted by Crippen LogP contribution is 2.28. The molecule has 2 nitrogen and oxygen atoms in total. The second-order valence-corrected chi connectivity index (χ2v) is 6.36. The maximum atomic E-state index is 13.3. The van der Waals surface area contributed by atoms with Crippen molar-refractivity contribution in [3.63, 3.8) is 0 Å². The molecular formula is C14H19FN2S. The van der Waals surface area contributed by atoms with E-state index in [1.54, 1.807) is 6.07 Å². The van der Waals surface area contributed by atoms with Crippen molar-refractivity contribution in [3.8, 4) is 0 Å². The smallest absolute Gasteiger partial charge is 0.178 e. The zero-order chi connectivity index (χ0) is 13.5. The molecule has 1 unspecified atom stereocenters. The van der Waals surface area contributed by atoms with E-state index in [2.05, 4.69) is 32.7 Å². The third-order valence-corrected chi connectivity index (χ3v) is 3.99. The lowest BCUT2D eigenvalue weighted by atomic mass is 9.82. The second-order valence-electron chi connectivity index (χ2n) is 5.97. The molecule has 0 aliphatic heterocycles. The van der Waals surface area contributed by atoms with E-state index in [1.807, 2.05) is 4.57 Å². The van der Waals surface area contributed by atoms with Gasteiger partial charge in [-0.05, 0) is 41.7 Å². The first-order valence-corrected chi connectivity index (χ1v) is 6.58. The van der Waals surface area contributed by atoms with E-state index in [-0.39, 0.29) is 11.2 Å². The molecule has 0 radical (unpaired) electrons. The van der Waals surface area contributed by atoms with E-state index >= 15 is 0 Å². The molecule has 0 saturated carbocycles. The van der Waals surface area contributed by atoms with Crippen LogP contribution in [0.25, 0.3) is 11.0 Å². The van der Waals surface area contributed by atoms with Crippen LogP contribution >= 0.6 is 12.2 Å². The summed E-state index contributed by atoms with van der Waals surface area (Å²) in [5.41, 5.74) is 1.93. The summed E-state index contributed by atoms with van der Waals surface area (Å²) in [4.78, 5) is 3.12. The van der Waals surface area contributed by atoms with Gasteiger partial charge in [0.25, 0.3) is 0 Å². The number of H-pyrrole nitrogens is 1. The Labute approximate surface area is 112 Å². The maximum Gasteiger partial charge on any atom is 0.178 e. The van der Waals surface area contributed by atoms with Crippen LogP contribution in [-0.4, -0.2) is 9.55 Å². The third-order valence-electron chi connectivity index (χ3n) is 3.67.